The van der Waals surface area contributed by atoms with Crippen LogP contribution >= 0.6 is 0 Å². The number of aliphatic hydroxyl groups is 2. The van der Waals surface area contributed by atoms with Gasteiger partial charge in [-0.2, -0.15) is 0 Å². The van der Waals surface area contributed by atoms with E-state index in [4.69, 9.17) is 9.84 Å². The smallest absolute Gasteiger partial charge is 0.247 e. The van der Waals surface area contributed by atoms with E-state index in [1.54, 1.807) is 11.0 Å². The van der Waals surface area contributed by atoms with Crippen LogP contribution in [0.2, 0.25) is 0 Å². The van der Waals surface area contributed by atoms with Crippen LogP contribution in [0.3, 0.4) is 0 Å². The summed E-state index contributed by atoms with van der Waals surface area (Å²) >= 11 is 0. The van der Waals surface area contributed by atoms with Gasteiger partial charge in [0, 0.05) is 31.1 Å². The zero-order valence-corrected chi connectivity index (χ0v) is 18.0. The minimum absolute atomic E-state index is 0.116. The number of hydrogen-bond acceptors (Lipinski definition) is 5. The maximum absolute atomic E-state index is 13.0. The van der Waals surface area contributed by atoms with Gasteiger partial charge in [0.2, 0.25) is 11.8 Å². The van der Waals surface area contributed by atoms with Gasteiger partial charge in [-0.05, 0) is 30.9 Å². The van der Waals surface area contributed by atoms with Gasteiger partial charge in [0.15, 0.2) is 0 Å². The molecule has 1 aromatic carbocycles. The Morgan fingerprint density at radius 1 is 1.19 bits per heavy atom. The lowest BCUT2D eigenvalue weighted by molar-refractivity contribution is -0.136. The largest absolute Gasteiger partial charge is 0.486 e. The number of hydrogen-bond donors (Lipinski definition) is 3. The third-order valence-electron chi connectivity index (χ3n) is 6.82. The first-order chi connectivity index (χ1) is 15.0. The summed E-state index contributed by atoms with van der Waals surface area (Å²) in [6, 6.07) is 6.86. The van der Waals surface area contributed by atoms with Gasteiger partial charge in [-0.3, -0.25) is 9.59 Å². The SMILES string of the molecule is CC(=O)N(CC1CCCCC1)C1C=C(C(=O)NCCO)C2c3ccccc3OC2C1O. The molecule has 2 aliphatic carbocycles. The summed E-state index contributed by atoms with van der Waals surface area (Å²) in [5.74, 6) is 0.228. The van der Waals surface area contributed by atoms with Gasteiger partial charge in [-0.1, -0.05) is 37.5 Å². The summed E-state index contributed by atoms with van der Waals surface area (Å²) in [6.45, 7) is 2.07. The molecule has 1 heterocycles. The number of para-hydroxylation sites is 1. The van der Waals surface area contributed by atoms with E-state index >= 15 is 0 Å². The van der Waals surface area contributed by atoms with Crippen molar-refractivity contribution < 1.29 is 24.5 Å². The van der Waals surface area contributed by atoms with Crippen LogP contribution in [0.1, 0.15) is 50.5 Å². The number of fused-ring (bicyclic) bond motifs is 3. The Labute approximate surface area is 183 Å². The number of rotatable bonds is 6. The van der Waals surface area contributed by atoms with Gasteiger partial charge in [-0.15, -0.1) is 0 Å². The Balaban J connectivity index is 1.68. The molecule has 3 N–H and O–H groups in total. The summed E-state index contributed by atoms with van der Waals surface area (Å²) in [5, 5.41) is 23.2. The first-order valence-corrected chi connectivity index (χ1v) is 11.3. The van der Waals surface area contributed by atoms with Crippen molar-refractivity contribution in [2.75, 3.05) is 19.7 Å². The van der Waals surface area contributed by atoms with E-state index in [1.807, 2.05) is 24.3 Å². The normalized spacial score (nSPS) is 27.5. The predicted octanol–water partition coefficient (Wildman–Crippen LogP) is 1.74. The van der Waals surface area contributed by atoms with Gasteiger partial charge >= 0.3 is 0 Å². The highest BCUT2D eigenvalue weighted by Gasteiger charge is 2.50. The highest BCUT2D eigenvalue weighted by Crippen LogP contribution is 2.47. The standard InChI is InChI=1S/C24H32N2O5/c1-15(28)26(14-16-7-3-2-4-8-16)19-13-18(24(30)25-11-12-27)21-17-9-5-6-10-20(17)31-23(21)22(19)29/h5-6,9-10,13,16,19,21-23,27,29H,2-4,7-8,11-12,14H2,1H3,(H,25,30). The minimum Gasteiger partial charge on any atom is -0.486 e. The Morgan fingerprint density at radius 2 is 1.94 bits per heavy atom. The second-order valence-electron chi connectivity index (χ2n) is 8.86. The molecule has 31 heavy (non-hydrogen) atoms. The minimum atomic E-state index is -0.945. The summed E-state index contributed by atoms with van der Waals surface area (Å²) < 4.78 is 6.10. The van der Waals surface area contributed by atoms with Crippen LogP contribution in [-0.4, -0.2) is 64.9 Å². The fourth-order valence-electron chi connectivity index (χ4n) is 5.30. The number of ether oxygens (including phenoxy) is 1. The first-order valence-electron chi connectivity index (χ1n) is 11.3. The van der Waals surface area contributed by atoms with Crippen molar-refractivity contribution in [2.24, 2.45) is 5.92 Å². The molecule has 1 saturated carbocycles. The van der Waals surface area contributed by atoms with Crippen molar-refractivity contribution in [3.05, 3.63) is 41.5 Å². The zero-order chi connectivity index (χ0) is 22.0. The molecule has 168 valence electrons. The molecule has 0 aromatic heterocycles. The molecule has 2 amide bonds. The van der Waals surface area contributed by atoms with Crippen LogP contribution in [0.25, 0.3) is 0 Å². The molecule has 1 fully saturated rings. The Kier molecular flexibility index (Phi) is 6.62. The van der Waals surface area contributed by atoms with Crippen LogP contribution in [0, 0.1) is 5.92 Å². The number of carbonyl (C=O) groups excluding carboxylic acids is 2. The van der Waals surface area contributed by atoms with E-state index < -0.39 is 24.2 Å². The molecule has 4 atom stereocenters. The number of carbonyl (C=O) groups is 2. The number of nitrogens with zero attached hydrogens (tertiary/aromatic N) is 1. The molecular weight excluding hydrogens is 396 g/mol. The van der Waals surface area contributed by atoms with Crippen molar-refractivity contribution in [1.29, 1.82) is 0 Å². The van der Waals surface area contributed by atoms with E-state index in [1.165, 1.54) is 13.3 Å². The Bertz CT molecular complexity index is 848. The fourth-order valence-corrected chi connectivity index (χ4v) is 5.30. The Hall–Kier alpha value is -2.38. The quantitative estimate of drug-likeness (QED) is 0.641. The molecule has 0 bridgehead atoms. The number of aliphatic hydroxyl groups excluding tert-OH is 2. The maximum Gasteiger partial charge on any atom is 0.247 e. The van der Waals surface area contributed by atoms with Crippen molar-refractivity contribution in [1.82, 2.24) is 10.2 Å². The van der Waals surface area contributed by atoms with Gasteiger partial charge < -0.3 is 25.2 Å². The molecule has 3 aliphatic rings. The lowest BCUT2D eigenvalue weighted by Crippen LogP contribution is -2.56. The summed E-state index contributed by atoms with van der Waals surface area (Å²) in [7, 11) is 0. The number of nitrogens with one attached hydrogen (secondary N) is 1. The fraction of sp³-hybridized carbons (Fsp3) is 0.583. The van der Waals surface area contributed by atoms with Gasteiger partial charge in [0.05, 0.1) is 18.6 Å². The topological polar surface area (TPSA) is 99.1 Å². The molecule has 0 radical (unpaired) electrons. The molecule has 0 spiro atoms. The second kappa shape index (κ2) is 9.40. The van der Waals surface area contributed by atoms with Gasteiger partial charge in [0.1, 0.15) is 18.0 Å². The van der Waals surface area contributed by atoms with Crippen molar-refractivity contribution in [3.8, 4) is 5.75 Å². The molecule has 7 nitrogen and oxygen atoms in total. The first kappa shape index (κ1) is 21.8. The average Bonchev–Trinajstić information content (AvgIpc) is 3.17. The number of benzene rings is 1. The second-order valence-corrected chi connectivity index (χ2v) is 8.86. The molecule has 1 aliphatic heterocycles. The molecule has 1 aromatic rings. The van der Waals surface area contributed by atoms with E-state index in [0.29, 0.717) is 23.8 Å². The highest BCUT2D eigenvalue weighted by atomic mass is 16.5. The molecule has 4 unspecified atom stereocenters. The lowest BCUT2D eigenvalue weighted by atomic mass is 9.77. The van der Waals surface area contributed by atoms with E-state index in [-0.39, 0.29) is 25.0 Å². The molecule has 4 rings (SSSR count). The highest BCUT2D eigenvalue weighted by molar-refractivity contribution is 5.96. The monoisotopic (exact) mass is 428 g/mol. The van der Waals surface area contributed by atoms with Crippen LogP contribution in [0.4, 0.5) is 0 Å². The predicted molar refractivity (Wildman–Crippen MR) is 116 cm³/mol. The van der Waals surface area contributed by atoms with E-state index in [2.05, 4.69) is 5.32 Å². The summed E-state index contributed by atoms with van der Waals surface area (Å²) in [4.78, 5) is 27.4. The lowest BCUT2D eigenvalue weighted by Gasteiger charge is -2.42. The van der Waals surface area contributed by atoms with Crippen LogP contribution in [0.5, 0.6) is 5.75 Å². The molecular formula is C24H32N2O5. The number of amides is 2. The summed E-state index contributed by atoms with van der Waals surface area (Å²) in [6.07, 6.45) is 5.87. The van der Waals surface area contributed by atoms with Crippen LogP contribution in [-0.2, 0) is 9.59 Å². The molecule has 7 heteroatoms. The van der Waals surface area contributed by atoms with Crippen molar-refractivity contribution in [3.63, 3.8) is 0 Å². The molecule has 0 saturated heterocycles. The van der Waals surface area contributed by atoms with Crippen molar-refractivity contribution >= 4 is 11.8 Å². The van der Waals surface area contributed by atoms with E-state index in [0.717, 1.165) is 31.2 Å². The van der Waals surface area contributed by atoms with Gasteiger partial charge in [-0.25, -0.2) is 0 Å². The zero-order valence-electron chi connectivity index (χ0n) is 18.0. The van der Waals surface area contributed by atoms with E-state index in [9.17, 15) is 14.7 Å². The average molecular weight is 429 g/mol. The summed E-state index contributed by atoms with van der Waals surface area (Å²) in [5.41, 5.74) is 1.34. The third-order valence-corrected chi connectivity index (χ3v) is 6.82. The van der Waals surface area contributed by atoms with Gasteiger partial charge in [0.25, 0.3) is 0 Å². The maximum atomic E-state index is 13.0. The van der Waals surface area contributed by atoms with Crippen LogP contribution in [0.15, 0.2) is 35.9 Å². The third kappa shape index (κ3) is 4.34. The Morgan fingerprint density at radius 3 is 2.65 bits per heavy atom. The van der Waals surface area contributed by atoms with Crippen LogP contribution < -0.4 is 10.1 Å². The van der Waals surface area contributed by atoms with Crippen molar-refractivity contribution in [2.45, 2.75) is 63.2 Å².